The van der Waals surface area contributed by atoms with E-state index in [0.717, 1.165) is 5.56 Å². The Balaban J connectivity index is 2.66. The molecule has 0 aromatic heterocycles. The van der Waals surface area contributed by atoms with Gasteiger partial charge >= 0.3 is 0 Å². The zero-order valence-corrected chi connectivity index (χ0v) is 11.9. The van der Waals surface area contributed by atoms with Crippen molar-refractivity contribution in [2.75, 3.05) is 27.0 Å². The lowest BCUT2D eigenvalue weighted by Crippen LogP contribution is -2.19. The molecule has 0 saturated heterocycles. The first-order chi connectivity index (χ1) is 8.40. The summed E-state index contributed by atoms with van der Waals surface area (Å²) >= 11 is 0. The first-order valence-electron chi connectivity index (χ1n) is 5.76. The Morgan fingerprint density at radius 3 is 2.33 bits per heavy atom. The summed E-state index contributed by atoms with van der Waals surface area (Å²) in [7, 11) is 0.614. The van der Waals surface area contributed by atoms with E-state index in [2.05, 4.69) is 0 Å². The van der Waals surface area contributed by atoms with Crippen LogP contribution in [0.2, 0.25) is 0 Å². The van der Waals surface area contributed by atoms with Gasteiger partial charge in [0, 0.05) is 11.2 Å². The van der Waals surface area contributed by atoms with E-state index in [1.807, 2.05) is 6.92 Å². The van der Waals surface area contributed by atoms with E-state index in [4.69, 9.17) is 9.47 Å². The molecule has 0 unspecified atom stereocenters. The highest BCUT2D eigenvalue weighted by molar-refractivity contribution is 7.64. The molecule has 1 aromatic carbocycles. The minimum Gasteiger partial charge on any atom is -0.493 e. The first-order valence-corrected chi connectivity index (χ1v) is 8.17. The van der Waals surface area contributed by atoms with Crippen LogP contribution in [0.15, 0.2) is 12.1 Å². The van der Waals surface area contributed by atoms with Crippen molar-refractivity contribution in [1.29, 1.82) is 0 Å². The van der Waals surface area contributed by atoms with Crippen LogP contribution < -0.4 is 9.47 Å². The first kappa shape index (κ1) is 13.2. The smallest absolute Gasteiger partial charge is 0.170 e. The molecule has 18 heavy (non-hydrogen) atoms. The van der Waals surface area contributed by atoms with Crippen molar-refractivity contribution >= 4 is 12.9 Å². The number of Topliss-reactive ketones (excluding diaryl/α,β-unsaturated/α-hetero) is 1. The topological polar surface area (TPSA) is 52.6 Å². The van der Waals surface area contributed by atoms with E-state index < -0.39 is 7.14 Å². The van der Waals surface area contributed by atoms with Crippen molar-refractivity contribution in [3.8, 4) is 11.5 Å². The summed E-state index contributed by atoms with van der Waals surface area (Å²) in [6.07, 6.45) is 0.136. The van der Waals surface area contributed by atoms with Crippen LogP contribution in [0, 0.1) is 0 Å². The molecule has 2 atom stereocenters. The number of rotatable bonds is 2. The van der Waals surface area contributed by atoms with Gasteiger partial charge in [-0.25, -0.2) is 0 Å². The molecule has 98 valence electrons. The van der Waals surface area contributed by atoms with Crippen molar-refractivity contribution in [2.45, 2.75) is 12.6 Å². The van der Waals surface area contributed by atoms with Crippen molar-refractivity contribution in [2.24, 2.45) is 0 Å². The van der Waals surface area contributed by atoms with Gasteiger partial charge in [0.15, 0.2) is 17.3 Å². The van der Waals surface area contributed by atoms with Gasteiger partial charge in [-0.1, -0.05) is 6.92 Å². The Labute approximate surface area is 107 Å². The summed E-state index contributed by atoms with van der Waals surface area (Å²) in [5.74, 6) is 1.03. The molecule has 5 heteroatoms. The number of benzene rings is 1. The maximum Gasteiger partial charge on any atom is 0.170 e. The molecule has 1 aliphatic heterocycles. The summed E-state index contributed by atoms with van der Waals surface area (Å²) in [4.78, 5) is 12.0. The van der Waals surface area contributed by atoms with Crippen molar-refractivity contribution in [1.82, 2.24) is 0 Å². The normalized spacial score (nSPS) is 26.7. The quantitative estimate of drug-likeness (QED) is 0.774. The Hall–Kier alpha value is -1.28. The predicted molar refractivity (Wildman–Crippen MR) is 70.7 cm³/mol. The second kappa shape index (κ2) is 4.43. The largest absolute Gasteiger partial charge is 0.493 e. The molecular weight excluding hydrogens is 251 g/mol. The third-order valence-electron chi connectivity index (χ3n) is 3.58. The predicted octanol–water partition coefficient (Wildman–Crippen LogP) is 2.95. The fourth-order valence-corrected chi connectivity index (χ4v) is 4.10. The third-order valence-corrected chi connectivity index (χ3v) is 6.41. The van der Waals surface area contributed by atoms with Crippen LogP contribution >= 0.6 is 7.14 Å². The Kier molecular flexibility index (Phi) is 3.24. The van der Waals surface area contributed by atoms with E-state index in [9.17, 15) is 9.36 Å². The average Bonchev–Trinajstić information content (AvgIpc) is 2.34. The number of hydrogen-bond donors (Lipinski definition) is 0. The molecule has 0 bridgehead atoms. The van der Waals surface area contributed by atoms with Crippen LogP contribution in [0.25, 0.3) is 0 Å². The average molecular weight is 268 g/mol. The lowest BCUT2D eigenvalue weighted by molar-refractivity contribution is 0.101. The molecule has 1 aromatic rings. The van der Waals surface area contributed by atoms with Crippen molar-refractivity contribution in [3.05, 3.63) is 23.3 Å². The molecule has 0 N–H and O–H groups in total. The van der Waals surface area contributed by atoms with Gasteiger partial charge in [0.1, 0.15) is 0 Å². The molecule has 0 aliphatic carbocycles. The van der Waals surface area contributed by atoms with Gasteiger partial charge in [-0.2, -0.15) is 0 Å². The fourth-order valence-electron chi connectivity index (χ4n) is 2.28. The fraction of sp³-hybridized carbons (Fsp3) is 0.462. The van der Waals surface area contributed by atoms with Crippen LogP contribution in [0.3, 0.4) is 0 Å². The van der Waals surface area contributed by atoms with Crippen LogP contribution in [-0.2, 0) is 4.57 Å². The molecule has 1 heterocycles. The monoisotopic (exact) mass is 268 g/mol. The number of fused-ring (bicyclic) bond motifs is 1. The highest BCUT2D eigenvalue weighted by Crippen LogP contribution is 2.60. The Morgan fingerprint density at radius 2 is 1.78 bits per heavy atom. The van der Waals surface area contributed by atoms with E-state index >= 15 is 0 Å². The molecule has 0 radical (unpaired) electrons. The van der Waals surface area contributed by atoms with Crippen molar-refractivity contribution in [3.63, 3.8) is 0 Å². The molecule has 0 spiro atoms. The Morgan fingerprint density at radius 1 is 1.22 bits per heavy atom. The molecule has 2 rings (SSSR count). The zero-order chi connectivity index (χ0) is 13.5. The maximum absolute atomic E-state index is 12.4. The molecule has 0 saturated carbocycles. The second-order valence-corrected chi connectivity index (χ2v) is 8.16. The van der Waals surface area contributed by atoms with Gasteiger partial charge in [0.25, 0.3) is 0 Å². The third kappa shape index (κ3) is 1.95. The minimum absolute atomic E-state index is 0.0742. The van der Waals surface area contributed by atoms with Gasteiger partial charge in [0.2, 0.25) is 0 Å². The number of methoxy groups -OCH3 is 2. The van der Waals surface area contributed by atoms with Gasteiger partial charge in [-0.3, -0.25) is 4.79 Å². The summed E-state index contributed by atoms with van der Waals surface area (Å²) < 4.78 is 22.8. The van der Waals surface area contributed by atoms with Crippen LogP contribution in [-0.4, -0.2) is 32.8 Å². The molecule has 0 amide bonds. The standard InChI is InChI=1S/C13H17O4P/c1-8-9-5-12(16-2)13(17-3)6-10(9)11(14)7-18(8,4)15/h5-6,8H,7H2,1-4H3/t8-,18+/m1/s1. The van der Waals surface area contributed by atoms with Gasteiger partial charge in [-0.15, -0.1) is 0 Å². The Bertz CT molecular complexity index is 550. The summed E-state index contributed by atoms with van der Waals surface area (Å²) in [5.41, 5.74) is 1.29. The van der Waals surface area contributed by atoms with Crippen LogP contribution in [0.1, 0.15) is 28.5 Å². The van der Waals surface area contributed by atoms with E-state index in [1.165, 1.54) is 7.11 Å². The molecule has 1 aliphatic rings. The lowest BCUT2D eigenvalue weighted by atomic mass is 10.00. The van der Waals surface area contributed by atoms with Gasteiger partial charge in [-0.05, 0) is 24.4 Å². The van der Waals surface area contributed by atoms with E-state index in [-0.39, 0.29) is 17.6 Å². The van der Waals surface area contributed by atoms with E-state index in [1.54, 1.807) is 25.9 Å². The zero-order valence-electron chi connectivity index (χ0n) is 11.0. The minimum atomic E-state index is -2.47. The number of carbonyl (C=O) groups is 1. The number of carbonyl (C=O) groups excluding carboxylic acids is 1. The number of ether oxygens (including phenoxy) is 2. The SMILES string of the molecule is COc1cc2c(cc1OC)[C@@H](C)[P@@](C)(=O)CC2=O. The lowest BCUT2D eigenvalue weighted by Gasteiger charge is -2.28. The van der Waals surface area contributed by atoms with Crippen LogP contribution in [0.4, 0.5) is 0 Å². The second-order valence-electron chi connectivity index (χ2n) is 4.73. The highest BCUT2D eigenvalue weighted by atomic mass is 31.2. The molecule has 0 fully saturated rings. The number of hydrogen-bond acceptors (Lipinski definition) is 4. The molecular formula is C13H17O4P. The summed E-state index contributed by atoms with van der Waals surface area (Å²) in [6.45, 7) is 3.59. The van der Waals surface area contributed by atoms with Crippen LogP contribution in [0.5, 0.6) is 11.5 Å². The maximum atomic E-state index is 12.4. The van der Waals surface area contributed by atoms with E-state index in [0.29, 0.717) is 17.1 Å². The molecule has 4 nitrogen and oxygen atoms in total. The highest BCUT2D eigenvalue weighted by Gasteiger charge is 2.37. The summed E-state index contributed by atoms with van der Waals surface area (Å²) in [5, 5.41) is 0. The van der Waals surface area contributed by atoms with Crippen molar-refractivity contribution < 1.29 is 18.8 Å². The van der Waals surface area contributed by atoms with Gasteiger partial charge in [0.05, 0.1) is 27.5 Å². The number of ketones is 1. The summed E-state index contributed by atoms with van der Waals surface area (Å²) in [6, 6.07) is 3.46. The van der Waals surface area contributed by atoms with Gasteiger partial charge < -0.3 is 14.0 Å².